The Morgan fingerprint density at radius 2 is 1.85 bits per heavy atom. The molecule has 0 fully saturated rings. The third-order valence-electron chi connectivity index (χ3n) is 6.10. The fraction of sp³-hybridized carbons (Fsp3) is 0.375. The fourth-order valence-corrected chi connectivity index (χ4v) is 4.55. The molecule has 1 aliphatic heterocycles. The maximum atomic E-state index is 12.9. The lowest BCUT2D eigenvalue weighted by molar-refractivity contribution is -0.905. The van der Waals surface area contributed by atoms with Crippen LogP contribution in [-0.4, -0.2) is 37.5 Å². The minimum atomic E-state index is 0.277. The Bertz CT molecular complexity index is 827. The molecule has 0 aromatic heterocycles. The van der Waals surface area contributed by atoms with Gasteiger partial charge in [-0.25, -0.2) is 0 Å². The van der Waals surface area contributed by atoms with Crippen LogP contribution < -0.4 is 4.90 Å². The van der Waals surface area contributed by atoms with E-state index in [0.29, 0.717) is 12.6 Å². The van der Waals surface area contributed by atoms with E-state index in [2.05, 4.69) is 61.7 Å². The summed E-state index contributed by atoms with van der Waals surface area (Å²) in [7, 11) is 2.18. The smallest absolute Gasteiger partial charge is 0.278 e. The fourth-order valence-electron chi connectivity index (χ4n) is 4.55. The SMILES string of the molecule is C[NH+](CC(=O)N1CC=C(c2ccccc2)CC1)[C@H]1CCCc2ccccc21. The number of carbonyl (C=O) groups is 1. The number of likely N-dealkylation sites (N-methyl/N-ethyl adjacent to an activating group) is 1. The van der Waals surface area contributed by atoms with Crippen LogP contribution in [0.1, 0.15) is 42.0 Å². The number of hydrogen-bond donors (Lipinski definition) is 1. The highest BCUT2D eigenvalue weighted by Crippen LogP contribution is 2.27. The first-order chi connectivity index (χ1) is 13.2. The maximum Gasteiger partial charge on any atom is 0.278 e. The van der Waals surface area contributed by atoms with E-state index < -0.39 is 0 Å². The van der Waals surface area contributed by atoms with Gasteiger partial charge in [0.15, 0.2) is 6.54 Å². The first kappa shape index (κ1) is 18.0. The lowest BCUT2D eigenvalue weighted by Crippen LogP contribution is -3.10. The van der Waals surface area contributed by atoms with E-state index in [0.717, 1.165) is 19.5 Å². The van der Waals surface area contributed by atoms with Crippen molar-refractivity contribution in [2.24, 2.45) is 0 Å². The first-order valence-electron chi connectivity index (χ1n) is 10.1. The third kappa shape index (κ3) is 3.98. The van der Waals surface area contributed by atoms with Gasteiger partial charge in [-0.2, -0.15) is 0 Å². The van der Waals surface area contributed by atoms with Gasteiger partial charge in [-0.3, -0.25) is 4.79 Å². The summed E-state index contributed by atoms with van der Waals surface area (Å²) in [5.41, 5.74) is 5.56. The van der Waals surface area contributed by atoms with Gasteiger partial charge in [-0.05, 0) is 36.0 Å². The van der Waals surface area contributed by atoms with Gasteiger partial charge < -0.3 is 9.80 Å². The molecule has 0 spiro atoms. The number of fused-ring (bicyclic) bond motifs is 1. The second-order valence-corrected chi connectivity index (χ2v) is 7.85. The van der Waals surface area contributed by atoms with Crippen LogP contribution in [0.4, 0.5) is 0 Å². The number of benzene rings is 2. The predicted molar refractivity (Wildman–Crippen MR) is 109 cm³/mol. The molecule has 2 aromatic carbocycles. The Hall–Kier alpha value is -2.39. The molecule has 1 unspecified atom stereocenters. The van der Waals surface area contributed by atoms with E-state index in [4.69, 9.17) is 0 Å². The maximum absolute atomic E-state index is 12.9. The molecule has 0 radical (unpaired) electrons. The summed E-state index contributed by atoms with van der Waals surface area (Å²) in [4.78, 5) is 16.2. The van der Waals surface area contributed by atoms with E-state index in [1.165, 1.54) is 46.4 Å². The van der Waals surface area contributed by atoms with Crippen molar-refractivity contribution in [1.29, 1.82) is 0 Å². The molecular formula is C24H29N2O+. The van der Waals surface area contributed by atoms with Crippen molar-refractivity contribution in [3.8, 4) is 0 Å². The van der Waals surface area contributed by atoms with Crippen LogP contribution in [0.2, 0.25) is 0 Å². The predicted octanol–water partition coefficient (Wildman–Crippen LogP) is 2.89. The van der Waals surface area contributed by atoms with E-state index in [9.17, 15) is 4.79 Å². The van der Waals surface area contributed by atoms with Crippen LogP contribution in [0.25, 0.3) is 5.57 Å². The molecule has 4 rings (SSSR count). The van der Waals surface area contributed by atoms with Crippen molar-refractivity contribution >= 4 is 11.5 Å². The Morgan fingerprint density at radius 1 is 1.07 bits per heavy atom. The highest BCUT2D eigenvalue weighted by Gasteiger charge is 2.29. The third-order valence-corrected chi connectivity index (χ3v) is 6.10. The number of aryl methyl sites for hydroxylation is 1. The Labute approximate surface area is 162 Å². The molecule has 1 amide bonds. The summed E-state index contributed by atoms with van der Waals surface area (Å²) in [5, 5.41) is 0. The quantitative estimate of drug-likeness (QED) is 0.890. The van der Waals surface area contributed by atoms with Gasteiger partial charge in [0.05, 0.1) is 7.05 Å². The van der Waals surface area contributed by atoms with Gasteiger partial charge in [-0.1, -0.05) is 60.7 Å². The largest absolute Gasteiger partial charge is 0.334 e. The highest BCUT2D eigenvalue weighted by molar-refractivity contribution is 5.79. The minimum Gasteiger partial charge on any atom is -0.334 e. The van der Waals surface area contributed by atoms with Gasteiger partial charge in [0.25, 0.3) is 5.91 Å². The van der Waals surface area contributed by atoms with Gasteiger partial charge in [0.1, 0.15) is 6.04 Å². The lowest BCUT2D eigenvalue weighted by atomic mass is 9.87. The van der Waals surface area contributed by atoms with Crippen LogP contribution in [0.5, 0.6) is 0 Å². The molecule has 27 heavy (non-hydrogen) atoms. The molecule has 3 nitrogen and oxygen atoms in total. The average molecular weight is 362 g/mol. The number of hydrogen-bond acceptors (Lipinski definition) is 1. The van der Waals surface area contributed by atoms with Crippen molar-refractivity contribution in [2.75, 3.05) is 26.7 Å². The molecule has 0 saturated carbocycles. The minimum absolute atomic E-state index is 0.277. The molecule has 0 bridgehead atoms. The normalized spacial score (nSPS) is 20.6. The summed E-state index contributed by atoms with van der Waals surface area (Å²) in [6.07, 6.45) is 6.74. The molecule has 0 saturated heterocycles. The Kier molecular flexibility index (Phi) is 5.40. The molecule has 140 valence electrons. The van der Waals surface area contributed by atoms with E-state index in [1.54, 1.807) is 0 Å². The summed E-state index contributed by atoms with van der Waals surface area (Å²) >= 11 is 0. The number of rotatable bonds is 4. The standard InChI is InChI=1S/C24H28N2O/c1-25(23-13-7-11-21-10-5-6-12-22(21)23)18-24(27)26-16-14-20(15-17-26)19-8-3-2-4-9-19/h2-6,8-10,12,14,23H,7,11,13,15-18H2,1H3/p+1/t23-/m0/s1. The zero-order valence-corrected chi connectivity index (χ0v) is 16.2. The number of nitrogens with zero attached hydrogens (tertiary/aromatic N) is 1. The highest BCUT2D eigenvalue weighted by atomic mass is 16.2. The summed E-state index contributed by atoms with van der Waals surface area (Å²) < 4.78 is 0. The summed E-state index contributed by atoms with van der Waals surface area (Å²) in [5.74, 6) is 0.277. The van der Waals surface area contributed by atoms with Crippen molar-refractivity contribution in [1.82, 2.24) is 4.90 Å². The number of carbonyl (C=O) groups excluding carboxylic acids is 1. The molecule has 2 atom stereocenters. The van der Waals surface area contributed by atoms with E-state index >= 15 is 0 Å². The van der Waals surface area contributed by atoms with E-state index in [1.807, 2.05) is 11.0 Å². The Morgan fingerprint density at radius 3 is 2.63 bits per heavy atom. The second kappa shape index (κ2) is 8.10. The van der Waals surface area contributed by atoms with Crippen molar-refractivity contribution in [3.05, 3.63) is 77.4 Å². The summed E-state index contributed by atoms with van der Waals surface area (Å²) in [6.45, 7) is 2.14. The zero-order chi connectivity index (χ0) is 18.6. The molecule has 1 aliphatic carbocycles. The van der Waals surface area contributed by atoms with Crippen LogP contribution >= 0.6 is 0 Å². The molecule has 2 aromatic rings. The van der Waals surface area contributed by atoms with Crippen LogP contribution in [0, 0.1) is 0 Å². The molecule has 1 heterocycles. The van der Waals surface area contributed by atoms with Gasteiger partial charge in [0.2, 0.25) is 0 Å². The first-order valence-corrected chi connectivity index (χ1v) is 10.1. The van der Waals surface area contributed by atoms with Gasteiger partial charge in [0, 0.05) is 25.1 Å². The monoisotopic (exact) mass is 361 g/mol. The molecule has 2 aliphatic rings. The van der Waals surface area contributed by atoms with E-state index in [-0.39, 0.29) is 5.91 Å². The van der Waals surface area contributed by atoms with Crippen LogP contribution in [0.3, 0.4) is 0 Å². The van der Waals surface area contributed by atoms with Crippen molar-refractivity contribution in [3.63, 3.8) is 0 Å². The summed E-state index contributed by atoms with van der Waals surface area (Å²) in [6, 6.07) is 19.7. The average Bonchev–Trinajstić information content (AvgIpc) is 2.74. The second-order valence-electron chi connectivity index (χ2n) is 7.85. The number of quaternary nitrogens is 1. The van der Waals surface area contributed by atoms with Gasteiger partial charge in [-0.15, -0.1) is 0 Å². The van der Waals surface area contributed by atoms with Gasteiger partial charge >= 0.3 is 0 Å². The molecular weight excluding hydrogens is 332 g/mol. The lowest BCUT2D eigenvalue weighted by Gasteiger charge is -2.32. The van der Waals surface area contributed by atoms with Crippen molar-refractivity contribution < 1.29 is 9.69 Å². The Balaban J connectivity index is 1.38. The van der Waals surface area contributed by atoms with Crippen molar-refractivity contribution in [2.45, 2.75) is 31.7 Å². The number of nitrogens with one attached hydrogen (secondary N) is 1. The topological polar surface area (TPSA) is 24.8 Å². The zero-order valence-electron chi connectivity index (χ0n) is 16.2. The molecule has 3 heteroatoms. The van der Waals surface area contributed by atoms with Crippen LogP contribution in [-0.2, 0) is 11.2 Å². The molecule has 1 N–H and O–H groups in total. The van der Waals surface area contributed by atoms with Crippen LogP contribution in [0.15, 0.2) is 60.7 Å². The number of amides is 1.